The summed E-state index contributed by atoms with van der Waals surface area (Å²) >= 11 is 0. The molecule has 1 spiro atoms. The summed E-state index contributed by atoms with van der Waals surface area (Å²) in [7, 11) is 0. The zero-order valence-electron chi connectivity index (χ0n) is 10.5. The summed E-state index contributed by atoms with van der Waals surface area (Å²) in [5.74, 6) is 0. The van der Waals surface area contributed by atoms with E-state index in [1.807, 2.05) is 0 Å². The van der Waals surface area contributed by atoms with Crippen molar-refractivity contribution in [3.05, 3.63) is 35.9 Å². The van der Waals surface area contributed by atoms with Gasteiger partial charge < -0.3 is 5.32 Å². The Morgan fingerprint density at radius 3 is 2.82 bits per heavy atom. The Labute approximate surface area is 104 Å². The van der Waals surface area contributed by atoms with Crippen LogP contribution in [0.2, 0.25) is 0 Å². The molecule has 3 rings (SSSR count). The molecule has 1 atom stereocenters. The summed E-state index contributed by atoms with van der Waals surface area (Å²) in [5.41, 5.74) is 2.04. The second-order valence-electron chi connectivity index (χ2n) is 5.73. The first kappa shape index (κ1) is 11.2. The van der Waals surface area contributed by atoms with E-state index < -0.39 is 0 Å². The lowest BCUT2D eigenvalue weighted by Crippen LogP contribution is -2.41. The fourth-order valence-electron chi connectivity index (χ4n) is 3.38. The molecule has 0 unspecified atom stereocenters. The maximum Gasteiger partial charge on any atom is 0.0233 e. The second-order valence-corrected chi connectivity index (χ2v) is 5.73. The Bertz CT molecular complexity index is 354. The largest absolute Gasteiger partial charge is 0.316 e. The van der Waals surface area contributed by atoms with Crippen molar-refractivity contribution in [2.45, 2.75) is 25.8 Å². The molecule has 0 amide bonds. The highest BCUT2D eigenvalue weighted by Crippen LogP contribution is 2.36. The zero-order valence-corrected chi connectivity index (χ0v) is 10.5. The van der Waals surface area contributed by atoms with E-state index in [1.165, 1.54) is 51.0 Å². The third kappa shape index (κ3) is 2.53. The van der Waals surface area contributed by atoms with E-state index in [4.69, 9.17) is 0 Å². The molecule has 2 fully saturated rings. The van der Waals surface area contributed by atoms with Crippen LogP contribution in [0.1, 0.15) is 24.8 Å². The number of rotatable bonds is 2. The van der Waals surface area contributed by atoms with Gasteiger partial charge in [0.25, 0.3) is 0 Å². The van der Waals surface area contributed by atoms with Gasteiger partial charge in [-0.05, 0) is 43.3 Å². The number of nitrogens with zero attached hydrogens (tertiary/aromatic N) is 1. The van der Waals surface area contributed by atoms with Gasteiger partial charge >= 0.3 is 0 Å². The smallest absolute Gasteiger partial charge is 0.0233 e. The average molecular weight is 230 g/mol. The third-order valence-electron chi connectivity index (χ3n) is 4.33. The molecule has 0 saturated carbocycles. The van der Waals surface area contributed by atoms with Crippen LogP contribution in [0.5, 0.6) is 0 Å². The maximum atomic E-state index is 3.58. The summed E-state index contributed by atoms with van der Waals surface area (Å²) in [6.07, 6.45) is 4.16. The summed E-state index contributed by atoms with van der Waals surface area (Å²) < 4.78 is 0. The van der Waals surface area contributed by atoms with Crippen LogP contribution in [-0.4, -0.2) is 31.1 Å². The van der Waals surface area contributed by atoms with Gasteiger partial charge in [0.1, 0.15) is 0 Å². The summed E-state index contributed by atoms with van der Waals surface area (Å²) in [6.45, 7) is 6.15. The highest BCUT2D eigenvalue weighted by atomic mass is 15.2. The Morgan fingerprint density at radius 2 is 2.06 bits per heavy atom. The van der Waals surface area contributed by atoms with Crippen molar-refractivity contribution in [3.8, 4) is 0 Å². The van der Waals surface area contributed by atoms with Gasteiger partial charge in [0.05, 0.1) is 0 Å². The van der Waals surface area contributed by atoms with Crippen molar-refractivity contribution in [2.75, 3.05) is 26.2 Å². The van der Waals surface area contributed by atoms with Crippen molar-refractivity contribution < 1.29 is 0 Å². The van der Waals surface area contributed by atoms with E-state index in [9.17, 15) is 0 Å². The molecule has 0 bridgehead atoms. The van der Waals surface area contributed by atoms with Crippen molar-refractivity contribution in [3.63, 3.8) is 0 Å². The first-order chi connectivity index (χ1) is 8.36. The molecule has 17 heavy (non-hydrogen) atoms. The van der Waals surface area contributed by atoms with Crippen molar-refractivity contribution >= 4 is 0 Å². The quantitative estimate of drug-likeness (QED) is 0.838. The van der Waals surface area contributed by atoms with Crippen molar-refractivity contribution in [2.24, 2.45) is 5.41 Å². The van der Waals surface area contributed by atoms with Crippen LogP contribution in [0.3, 0.4) is 0 Å². The minimum Gasteiger partial charge on any atom is -0.316 e. The molecule has 1 aromatic carbocycles. The molecule has 1 N–H and O–H groups in total. The maximum absolute atomic E-state index is 3.58. The standard InChI is InChI=1S/C15H22N2/c1-2-5-14(6-3-1)11-17-10-8-15(13-17)7-4-9-16-12-15/h1-3,5-6,16H,4,7-13H2/t15-/m1/s1. The van der Waals surface area contributed by atoms with Crippen molar-refractivity contribution in [1.82, 2.24) is 10.2 Å². The monoisotopic (exact) mass is 230 g/mol. The predicted octanol–water partition coefficient (Wildman–Crippen LogP) is 2.26. The van der Waals surface area contributed by atoms with E-state index in [0.717, 1.165) is 6.54 Å². The number of likely N-dealkylation sites (tertiary alicyclic amines) is 1. The molecule has 0 radical (unpaired) electrons. The fraction of sp³-hybridized carbons (Fsp3) is 0.600. The Balaban J connectivity index is 1.60. The SMILES string of the molecule is c1ccc(CN2CC[C@@]3(CCCNC3)C2)cc1. The molecule has 0 aromatic heterocycles. The predicted molar refractivity (Wildman–Crippen MR) is 70.9 cm³/mol. The zero-order chi connectivity index (χ0) is 11.6. The minimum atomic E-state index is 0.590. The van der Waals surface area contributed by atoms with Crippen LogP contribution in [0.25, 0.3) is 0 Å². The average Bonchev–Trinajstić information content (AvgIpc) is 2.74. The van der Waals surface area contributed by atoms with Crippen LogP contribution in [0.15, 0.2) is 30.3 Å². The topological polar surface area (TPSA) is 15.3 Å². The number of hydrogen-bond donors (Lipinski definition) is 1. The van der Waals surface area contributed by atoms with Crippen molar-refractivity contribution in [1.29, 1.82) is 0 Å². The molecule has 92 valence electrons. The van der Waals surface area contributed by atoms with Crippen LogP contribution in [-0.2, 0) is 6.54 Å². The van der Waals surface area contributed by atoms with Gasteiger partial charge in [-0.1, -0.05) is 30.3 Å². The molecular weight excluding hydrogens is 208 g/mol. The minimum absolute atomic E-state index is 0.590. The summed E-state index contributed by atoms with van der Waals surface area (Å²) in [5, 5.41) is 3.58. The van der Waals surface area contributed by atoms with E-state index in [-0.39, 0.29) is 0 Å². The summed E-state index contributed by atoms with van der Waals surface area (Å²) in [4.78, 5) is 2.63. The molecular formula is C15H22N2. The molecule has 0 aliphatic carbocycles. The first-order valence-electron chi connectivity index (χ1n) is 6.83. The van der Waals surface area contributed by atoms with Crippen LogP contribution < -0.4 is 5.32 Å². The second kappa shape index (κ2) is 4.79. The van der Waals surface area contributed by atoms with Crippen LogP contribution in [0, 0.1) is 5.41 Å². The van der Waals surface area contributed by atoms with E-state index >= 15 is 0 Å². The lowest BCUT2D eigenvalue weighted by Gasteiger charge is -2.34. The lowest BCUT2D eigenvalue weighted by molar-refractivity contribution is 0.199. The van der Waals surface area contributed by atoms with Crippen LogP contribution >= 0.6 is 0 Å². The molecule has 2 aliphatic rings. The summed E-state index contributed by atoms with van der Waals surface area (Å²) in [6, 6.07) is 10.9. The molecule has 2 saturated heterocycles. The highest BCUT2D eigenvalue weighted by molar-refractivity contribution is 5.15. The number of nitrogens with one attached hydrogen (secondary N) is 1. The number of hydrogen-bond acceptors (Lipinski definition) is 2. The third-order valence-corrected chi connectivity index (χ3v) is 4.33. The van der Waals surface area contributed by atoms with E-state index in [2.05, 4.69) is 40.5 Å². The lowest BCUT2D eigenvalue weighted by atomic mass is 9.80. The fourth-order valence-corrected chi connectivity index (χ4v) is 3.38. The first-order valence-corrected chi connectivity index (χ1v) is 6.83. The molecule has 2 heterocycles. The van der Waals surface area contributed by atoms with Gasteiger partial charge in [-0.3, -0.25) is 4.90 Å². The van der Waals surface area contributed by atoms with Crippen LogP contribution in [0.4, 0.5) is 0 Å². The molecule has 2 nitrogen and oxygen atoms in total. The van der Waals surface area contributed by atoms with Gasteiger partial charge in [-0.15, -0.1) is 0 Å². The van der Waals surface area contributed by atoms with Gasteiger partial charge in [0.15, 0.2) is 0 Å². The Kier molecular flexibility index (Phi) is 3.17. The normalized spacial score (nSPS) is 29.9. The van der Waals surface area contributed by atoms with E-state index in [1.54, 1.807) is 0 Å². The molecule has 1 aromatic rings. The van der Waals surface area contributed by atoms with E-state index in [0.29, 0.717) is 5.41 Å². The van der Waals surface area contributed by atoms with Gasteiger partial charge in [0, 0.05) is 19.6 Å². The van der Waals surface area contributed by atoms with Gasteiger partial charge in [-0.25, -0.2) is 0 Å². The van der Waals surface area contributed by atoms with Gasteiger partial charge in [0.2, 0.25) is 0 Å². The highest BCUT2D eigenvalue weighted by Gasteiger charge is 2.38. The Hall–Kier alpha value is -0.860. The number of benzene rings is 1. The number of piperidine rings is 1. The Morgan fingerprint density at radius 1 is 1.18 bits per heavy atom. The molecule has 2 heteroatoms. The molecule has 2 aliphatic heterocycles. The van der Waals surface area contributed by atoms with Gasteiger partial charge in [-0.2, -0.15) is 0 Å².